The van der Waals surface area contributed by atoms with Crippen molar-refractivity contribution in [3.05, 3.63) is 24.3 Å². The maximum atomic E-state index is 10.9. The van der Waals surface area contributed by atoms with E-state index in [2.05, 4.69) is 43.1 Å². The fourth-order valence-electron chi connectivity index (χ4n) is 2.23. The van der Waals surface area contributed by atoms with E-state index < -0.39 is 5.97 Å². The molecule has 9 nitrogen and oxygen atoms in total. The summed E-state index contributed by atoms with van der Waals surface area (Å²) in [4.78, 5) is 14.1. The average Bonchev–Trinajstić information content (AvgIpc) is 3.24. The maximum absolute atomic E-state index is 10.9. The number of thioether (sulfide) groups is 1. The number of azo groups is 1. The molecule has 3 aromatic heterocycles. The fraction of sp³-hybridized carbons (Fsp3) is 0.0769. The van der Waals surface area contributed by atoms with Crippen LogP contribution in [0.4, 0.5) is 10.8 Å². The van der Waals surface area contributed by atoms with E-state index in [1.54, 1.807) is 4.52 Å². The van der Waals surface area contributed by atoms with Crippen molar-refractivity contribution in [2.45, 2.75) is 9.37 Å². The lowest BCUT2D eigenvalue weighted by atomic mass is 10.3. The minimum absolute atomic E-state index is 0.125. The third-order valence-corrected chi connectivity index (χ3v) is 5.10. The Hall–Kier alpha value is -2.44. The molecule has 0 saturated heterocycles. The van der Waals surface area contributed by atoms with Gasteiger partial charge in [-0.25, -0.2) is 4.52 Å². The predicted octanol–water partition coefficient (Wildman–Crippen LogP) is 3.55. The molecule has 0 saturated carbocycles. The van der Waals surface area contributed by atoms with Crippen molar-refractivity contribution in [2.24, 2.45) is 10.2 Å². The largest absolute Gasteiger partial charge is 0.481 e. The SMILES string of the molecule is O=C(O)CSc1nn2c([nH]c3ccccc32)c1/N=N/c1nnc(S)s1. The van der Waals surface area contributed by atoms with Crippen LogP contribution in [0, 0.1) is 0 Å². The summed E-state index contributed by atoms with van der Waals surface area (Å²) in [5.74, 6) is -1.06. The summed E-state index contributed by atoms with van der Waals surface area (Å²) in [5.41, 5.74) is 2.85. The van der Waals surface area contributed by atoms with E-state index in [1.165, 1.54) is 11.3 Å². The zero-order valence-electron chi connectivity index (χ0n) is 12.3. The number of benzene rings is 1. The first-order valence-corrected chi connectivity index (χ1v) is 9.15. The van der Waals surface area contributed by atoms with Crippen LogP contribution in [0.5, 0.6) is 0 Å². The highest BCUT2D eigenvalue weighted by Gasteiger charge is 2.18. The normalized spacial score (nSPS) is 11.9. The molecule has 0 fully saturated rings. The number of thiol groups is 1. The Morgan fingerprint density at radius 1 is 1.36 bits per heavy atom. The highest BCUT2D eigenvalue weighted by Crippen LogP contribution is 2.36. The van der Waals surface area contributed by atoms with Crippen molar-refractivity contribution < 1.29 is 9.90 Å². The van der Waals surface area contributed by atoms with Crippen molar-refractivity contribution in [3.63, 3.8) is 0 Å². The number of carboxylic acid groups (broad SMARTS) is 1. The van der Waals surface area contributed by atoms with Crippen LogP contribution < -0.4 is 0 Å². The number of carboxylic acids is 1. The van der Waals surface area contributed by atoms with Gasteiger partial charge in [0.25, 0.3) is 5.13 Å². The number of aromatic nitrogens is 5. The van der Waals surface area contributed by atoms with Gasteiger partial charge in [-0.05, 0) is 12.1 Å². The Balaban J connectivity index is 1.83. The number of para-hydroxylation sites is 2. The molecule has 12 heteroatoms. The van der Waals surface area contributed by atoms with E-state index in [4.69, 9.17) is 5.11 Å². The van der Waals surface area contributed by atoms with E-state index >= 15 is 0 Å². The van der Waals surface area contributed by atoms with E-state index in [0.717, 1.165) is 22.8 Å². The second-order valence-corrected chi connectivity index (χ2v) is 7.45. The average molecular weight is 391 g/mol. The number of hydrogen-bond donors (Lipinski definition) is 3. The van der Waals surface area contributed by atoms with Crippen LogP contribution in [-0.2, 0) is 4.79 Å². The Morgan fingerprint density at radius 3 is 2.96 bits per heavy atom. The van der Waals surface area contributed by atoms with E-state index in [1.807, 2.05) is 24.3 Å². The van der Waals surface area contributed by atoms with Crippen LogP contribution >= 0.6 is 35.7 Å². The molecule has 0 radical (unpaired) electrons. The Labute approximate surface area is 153 Å². The summed E-state index contributed by atoms with van der Waals surface area (Å²) in [5, 5.41) is 30.1. The standard InChI is InChI=1S/C13H9N7O2S3/c21-8(22)5-24-11-9(15-16-12-17-18-13(23)25-12)10-14-6-3-1-2-4-7(6)20(10)19-11/h1-4,14H,5H2,(H,18,23)(H,21,22)/b16-15+. The molecule has 3 heterocycles. The molecule has 126 valence electrons. The molecule has 25 heavy (non-hydrogen) atoms. The van der Waals surface area contributed by atoms with Crippen LogP contribution in [0.15, 0.2) is 43.9 Å². The van der Waals surface area contributed by atoms with E-state index in [0.29, 0.717) is 25.8 Å². The molecular weight excluding hydrogens is 382 g/mol. The van der Waals surface area contributed by atoms with Gasteiger partial charge >= 0.3 is 5.97 Å². The number of rotatable bonds is 5. The summed E-state index contributed by atoms with van der Waals surface area (Å²) < 4.78 is 2.18. The number of aliphatic carboxylic acids is 1. The summed E-state index contributed by atoms with van der Waals surface area (Å²) >= 11 is 6.36. The summed E-state index contributed by atoms with van der Waals surface area (Å²) in [6.45, 7) is 0. The van der Waals surface area contributed by atoms with Gasteiger partial charge in [0, 0.05) is 0 Å². The summed E-state index contributed by atoms with van der Waals surface area (Å²) in [6, 6.07) is 7.65. The third kappa shape index (κ3) is 3.10. The van der Waals surface area contributed by atoms with Gasteiger partial charge in [0.1, 0.15) is 5.03 Å². The van der Waals surface area contributed by atoms with Gasteiger partial charge in [0.2, 0.25) is 0 Å². The van der Waals surface area contributed by atoms with Crippen LogP contribution in [0.1, 0.15) is 0 Å². The molecule has 0 aliphatic carbocycles. The van der Waals surface area contributed by atoms with Crippen molar-refractivity contribution in [2.75, 3.05) is 5.75 Å². The highest BCUT2D eigenvalue weighted by atomic mass is 32.2. The lowest BCUT2D eigenvalue weighted by Gasteiger charge is -1.94. The second-order valence-electron chi connectivity index (χ2n) is 4.81. The molecule has 0 spiro atoms. The molecule has 0 aliphatic rings. The molecule has 0 amide bonds. The molecule has 2 N–H and O–H groups in total. The Morgan fingerprint density at radius 2 is 2.20 bits per heavy atom. The molecule has 0 unspecified atom stereocenters. The van der Waals surface area contributed by atoms with E-state index in [-0.39, 0.29) is 5.75 Å². The molecule has 0 aliphatic heterocycles. The minimum Gasteiger partial charge on any atom is -0.481 e. The van der Waals surface area contributed by atoms with Crippen molar-refractivity contribution in [1.82, 2.24) is 24.8 Å². The third-order valence-electron chi connectivity index (χ3n) is 3.19. The number of carbonyl (C=O) groups is 1. The summed E-state index contributed by atoms with van der Waals surface area (Å²) in [7, 11) is 0. The molecular formula is C13H9N7O2S3. The van der Waals surface area contributed by atoms with Crippen LogP contribution in [0.25, 0.3) is 16.7 Å². The first-order chi connectivity index (χ1) is 12.1. The molecule has 4 rings (SSSR count). The quantitative estimate of drug-likeness (QED) is 0.272. The number of nitrogens with zero attached hydrogens (tertiary/aromatic N) is 6. The Bertz CT molecular complexity index is 1110. The topological polar surface area (TPSA) is 121 Å². The molecule has 4 aromatic rings. The molecule has 0 atom stereocenters. The number of fused-ring (bicyclic) bond motifs is 3. The zero-order valence-corrected chi connectivity index (χ0v) is 14.8. The van der Waals surface area contributed by atoms with Gasteiger partial charge in [0.05, 0.1) is 16.8 Å². The fourth-order valence-corrected chi connectivity index (χ4v) is 3.60. The van der Waals surface area contributed by atoms with Gasteiger partial charge in [-0.2, -0.15) is 5.10 Å². The maximum Gasteiger partial charge on any atom is 0.313 e. The van der Waals surface area contributed by atoms with Gasteiger partial charge < -0.3 is 10.1 Å². The number of H-pyrrole nitrogens is 1. The van der Waals surface area contributed by atoms with E-state index in [9.17, 15) is 4.79 Å². The number of nitrogens with one attached hydrogen (secondary N) is 1. The Kier molecular flexibility index (Phi) is 4.15. The predicted molar refractivity (Wildman–Crippen MR) is 96.7 cm³/mol. The van der Waals surface area contributed by atoms with Crippen molar-refractivity contribution in [1.29, 1.82) is 0 Å². The lowest BCUT2D eigenvalue weighted by molar-refractivity contribution is -0.133. The van der Waals surface area contributed by atoms with Crippen molar-refractivity contribution in [3.8, 4) is 0 Å². The van der Waals surface area contributed by atoms with Crippen LogP contribution in [0.3, 0.4) is 0 Å². The number of aromatic amines is 1. The van der Waals surface area contributed by atoms with Gasteiger partial charge in [-0.1, -0.05) is 35.2 Å². The molecule has 1 aromatic carbocycles. The van der Waals surface area contributed by atoms with Gasteiger partial charge in [-0.3, -0.25) is 4.79 Å². The smallest absolute Gasteiger partial charge is 0.313 e. The van der Waals surface area contributed by atoms with Crippen molar-refractivity contribution >= 4 is 69.2 Å². The van der Waals surface area contributed by atoms with Gasteiger partial charge in [0.15, 0.2) is 15.7 Å². The zero-order chi connectivity index (χ0) is 17.4. The van der Waals surface area contributed by atoms with Crippen LogP contribution in [0.2, 0.25) is 0 Å². The van der Waals surface area contributed by atoms with Crippen LogP contribution in [-0.4, -0.2) is 41.6 Å². The summed E-state index contributed by atoms with van der Waals surface area (Å²) in [6.07, 6.45) is 0. The minimum atomic E-state index is -0.932. The number of hydrogen-bond acceptors (Lipinski definition) is 9. The van der Waals surface area contributed by atoms with Gasteiger partial charge in [-0.15, -0.1) is 33.1 Å². The monoisotopic (exact) mass is 391 g/mol. The highest BCUT2D eigenvalue weighted by molar-refractivity contribution is 8.00. The first kappa shape index (κ1) is 16.1. The lowest BCUT2D eigenvalue weighted by Crippen LogP contribution is -1.97. The second kappa shape index (κ2) is 6.46. The first-order valence-electron chi connectivity index (χ1n) is 6.90. The molecule has 0 bridgehead atoms. The number of imidazole rings is 1.